The molecule has 0 bridgehead atoms. The molecule has 4 rings (SSSR count). The van der Waals surface area contributed by atoms with E-state index in [1.165, 1.54) is 0 Å². The predicted octanol–water partition coefficient (Wildman–Crippen LogP) is 3.29. The predicted molar refractivity (Wildman–Crippen MR) is 138 cm³/mol. The van der Waals surface area contributed by atoms with Crippen molar-refractivity contribution in [2.45, 2.75) is 32.9 Å². The number of hydrogen-bond donors (Lipinski definition) is 0. The van der Waals surface area contributed by atoms with Gasteiger partial charge in [0.15, 0.2) is 0 Å². The maximum atomic E-state index is 12.3. The second-order valence-corrected chi connectivity index (χ2v) is 9.05. The number of piperazine rings is 1. The minimum Gasteiger partial charge on any atom is -0.465 e. The summed E-state index contributed by atoms with van der Waals surface area (Å²) in [5.41, 5.74) is 4.18. The lowest BCUT2D eigenvalue weighted by atomic mass is 10.1. The summed E-state index contributed by atoms with van der Waals surface area (Å²) >= 11 is 0. The lowest BCUT2D eigenvalue weighted by molar-refractivity contribution is -0.145. The van der Waals surface area contributed by atoms with E-state index in [-0.39, 0.29) is 24.7 Å². The number of benzene rings is 2. The number of imidazole rings is 1. The van der Waals surface area contributed by atoms with Crippen LogP contribution in [0.3, 0.4) is 0 Å². The maximum Gasteiger partial charge on any atom is 0.338 e. The quantitative estimate of drug-likeness (QED) is 0.331. The number of fused-ring (bicyclic) bond motifs is 1. The fourth-order valence-electron chi connectivity index (χ4n) is 4.72. The third-order valence-corrected chi connectivity index (χ3v) is 6.50. The van der Waals surface area contributed by atoms with E-state index >= 15 is 0 Å². The van der Waals surface area contributed by atoms with Crippen LogP contribution in [0.1, 0.15) is 31.1 Å². The topological polar surface area (TPSA) is 86.1 Å². The van der Waals surface area contributed by atoms with Crippen LogP contribution in [0.4, 0.5) is 5.69 Å². The Morgan fingerprint density at radius 1 is 1.00 bits per heavy atom. The molecule has 1 saturated heterocycles. The second kappa shape index (κ2) is 11.5. The average Bonchev–Trinajstić information content (AvgIpc) is 3.30. The van der Waals surface area contributed by atoms with Crippen molar-refractivity contribution in [3.05, 3.63) is 54.4 Å². The van der Waals surface area contributed by atoms with Gasteiger partial charge in [0, 0.05) is 43.7 Å². The molecular formula is C27H34N4O5. The van der Waals surface area contributed by atoms with Gasteiger partial charge in [-0.1, -0.05) is 6.07 Å². The number of hydrogen-bond acceptors (Lipinski definition) is 8. The third kappa shape index (κ3) is 5.68. The van der Waals surface area contributed by atoms with Crippen LogP contribution in [-0.4, -0.2) is 85.0 Å². The molecule has 2 heterocycles. The summed E-state index contributed by atoms with van der Waals surface area (Å²) in [5, 5.41) is 0. The van der Waals surface area contributed by atoms with Gasteiger partial charge in [-0.25, -0.2) is 9.78 Å². The molecule has 2 aromatic carbocycles. The van der Waals surface area contributed by atoms with Crippen molar-refractivity contribution in [2.24, 2.45) is 0 Å². The van der Waals surface area contributed by atoms with Crippen molar-refractivity contribution in [1.29, 1.82) is 0 Å². The molecule has 0 radical (unpaired) electrons. The summed E-state index contributed by atoms with van der Waals surface area (Å²) < 4.78 is 17.3. The SMILES string of the molecule is CCOC(=O)CN1C(C)CN(c2cccc(-n3cnc4cc(C(=O)OCCOC)ccc43)c2)CC1C. The molecule has 0 saturated carbocycles. The molecule has 0 N–H and O–H groups in total. The first-order valence-electron chi connectivity index (χ1n) is 12.3. The molecule has 0 aliphatic carbocycles. The van der Waals surface area contributed by atoms with Gasteiger partial charge < -0.3 is 19.1 Å². The van der Waals surface area contributed by atoms with Crippen molar-refractivity contribution in [2.75, 3.05) is 51.5 Å². The molecular weight excluding hydrogens is 460 g/mol. The third-order valence-electron chi connectivity index (χ3n) is 6.50. The fourth-order valence-corrected chi connectivity index (χ4v) is 4.72. The summed E-state index contributed by atoms with van der Waals surface area (Å²) in [4.78, 5) is 33.4. The number of rotatable bonds is 9. The molecule has 2 unspecified atom stereocenters. The molecule has 1 fully saturated rings. The van der Waals surface area contributed by atoms with E-state index in [2.05, 4.69) is 40.8 Å². The highest BCUT2D eigenvalue weighted by Gasteiger charge is 2.31. The Kier molecular flexibility index (Phi) is 8.22. The number of anilines is 1. The average molecular weight is 495 g/mol. The summed E-state index contributed by atoms with van der Waals surface area (Å²) in [5.74, 6) is -0.569. The zero-order chi connectivity index (χ0) is 25.7. The molecule has 192 valence electrons. The fraction of sp³-hybridized carbons (Fsp3) is 0.444. The highest BCUT2D eigenvalue weighted by atomic mass is 16.6. The summed E-state index contributed by atoms with van der Waals surface area (Å²) in [6, 6.07) is 14.1. The molecule has 0 amide bonds. The van der Waals surface area contributed by atoms with E-state index in [0.29, 0.717) is 25.3 Å². The first-order valence-corrected chi connectivity index (χ1v) is 12.3. The van der Waals surface area contributed by atoms with Crippen LogP contribution >= 0.6 is 0 Å². The van der Waals surface area contributed by atoms with E-state index < -0.39 is 5.97 Å². The molecule has 2 atom stereocenters. The van der Waals surface area contributed by atoms with Crippen LogP contribution in [0.5, 0.6) is 0 Å². The van der Waals surface area contributed by atoms with Crippen LogP contribution in [0.25, 0.3) is 16.7 Å². The molecule has 36 heavy (non-hydrogen) atoms. The number of carbonyl (C=O) groups is 2. The van der Waals surface area contributed by atoms with Crippen LogP contribution < -0.4 is 4.90 Å². The number of aromatic nitrogens is 2. The Hall–Kier alpha value is -3.43. The van der Waals surface area contributed by atoms with Gasteiger partial charge in [0.2, 0.25) is 0 Å². The minimum atomic E-state index is -0.393. The van der Waals surface area contributed by atoms with E-state index in [9.17, 15) is 9.59 Å². The smallest absolute Gasteiger partial charge is 0.338 e. The van der Waals surface area contributed by atoms with Crippen LogP contribution in [0.15, 0.2) is 48.8 Å². The van der Waals surface area contributed by atoms with Crippen LogP contribution in [0, 0.1) is 0 Å². The van der Waals surface area contributed by atoms with Gasteiger partial charge in [0.1, 0.15) is 12.9 Å². The van der Waals surface area contributed by atoms with Crippen LogP contribution in [0.2, 0.25) is 0 Å². The number of nitrogens with zero attached hydrogens (tertiary/aromatic N) is 4. The number of carbonyl (C=O) groups excluding carboxylic acids is 2. The lowest BCUT2D eigenvalue weighted by Crippen LogP contribution is -2.58. The largest absolute Gasteiger partial charge is 0.465 e. The molecule has 1 aliphatic rings. The Morgan fingerprint density at radius 2 is 1.75 bits per heavy atom. The first kappa shape index (κ1) is 25.7. The van der Waals surface area contributed by atoms with Gasteiger partial charge in [0.25, 0.3) is 0 Å². The Labute approximate surface area is 211 Å². The monoisotopic (exact) mass is 494 g/mol. The first-order chi connectivity index (χ1) is 17.4. The zero-order valence-electron chi connectivity index (χ0n) is 21.3. The Bertz CT molecular complexity index is 1200. The van der Waals surface area contributed by atoms with Gasteiger partial charge in [-0.05, 0) is 57.2 Å². The summed E-state index contributed by atoms with van der Waals surface area (Å²) in [6.07, 6.45) is 1.77. The Balaban J connectivity index is 1.50. The number of ether oxygens (including phenoxy) is 3. The van der Waals surface area contributed by atoms with Gasteiger partial charge >= 0.3 is 11.9 Å². The molecule has 9 heteroatoms. The Morgan fingerprint density at radius 3 is 2.47 bits per heavy atom. The maximum absolute atomic E-state index is 12.3. The molecule has 1 aliphatic heterocycles. The van der Waals surface area contributed by atoms with Crippen molar-refractivity contribution < 1.29 is 23.8 Å². The van der Waals surface area contributed by atoms with Gasteiger partial charge in [-0.3, -0.25) is 14.3 Å². The lowest BCUT2D eigenvalue weighted by Gasteiger charge is -2.45. The van der Waals surface area contributed by atoms with Gasteiger partial charge in [0.05, 0.1) is 36.4 Å². The van der Waals surface area contributed by atoms with E-state index in [1.54, 1.807) is 25.6 Å². The standard InChI is InChI=1S/C27H34N4O5/c1-5-35-26(32)17-30-19(2)15-29(16-20(30)3)22-7-6-8-23(14-22)31-18-28-24-13-21(9-10-25(24)31)27(33)36-12-11-34-4/h6-10,13-14,18-20H,5,11-12,15-17H2,1-4H3. The normalized spacial score (nSPS) is 18.4. The summed E-state index contributed by atoms with van der Waals surface area (Å²) in [7, 11) is 1.56. The number of esters is 2. The van der Waals surface area contributed by atoms with Gasteiger partial charge in [-0.2, -0.15) is 0 Å². The van der Waals surface area contributed by atoms with Crippen molar-refractivity contribution >= 4 is 28.7 Å². The van der Waals surface area contributed by atoms with E-state index in [1.807, 2.05) is 29.7 Å². The molecule has 0 spiro atoms. The highest BCUT2D eigenvalue weighted by Crippen LogP contribution is 2.27. The van der Waals surface area contributed by atoms with E-state index in [0.717, 1.165) is 35.5 Å². The van der Waals surface area contributed by atoms with Crippen molar-refractivity contribution in [3.8, 4) is 5.69 Å². The summed E-state index contributed by atoms with van der Waals surface area (Å²) in [6.45, 7) is 9.03. The van der Waals surface area contributed by atoms with Crippen molar-refractivity contribution in [1.82, 2.24) is 14.5 Å². The van der Waals surface area contributed by atoms with Gasteiger partial charge in [-0.15, -0.1) is 0 Å². The zero-order valence-corrected chi connectivity index (χ0v) is 21.3. The molecule has 3 aromatic rings. The van der Waals surface area contributed by atoms with Crippen LogP contribution in [-0.2, 0) is 19.0 Å². The van der Waals surface area contributed by atoms with E-state index in [4.69, 9.17) is 14.2 Å². The highest BCUT2D eigenvalue weighted by molar-refractivity contribution is 5.94. The van der Waals surface area contributed by atoms with Crippen molar-refractivity contribution in [3.63, 3.8) is 0 Å². The molecule has 9 nitrogen and oxygen atoms in total. The number of methoxy groups -OCH3 is 1. The molecule has 1 aromatic heterocycles. The second-order valence-electron chi connectivity index (χ2n) is 9.05. The minimum absolute atomic E-state index is 0.176.